The maximum atomic E-state index is 13.0. The van der Waals surface area contributed by atoms with E-state index in [1.165, 1.54) is 21.0 Å². The van der Waals surface area contributed by atoms with E-state index in [4.69, 9.17) is 9.47 Å². The fourth-order valence-electron chi connectivity index (χ4n) is 2.90. The van der Waals surface area contributed by atoms with Crippen LogP contribution in [0, 0.1) is 0 Å². The van der Waals surface area contributed by atoms with Crippen molar-refractivity contribution in [2.24, 2.45) is 0 Å². The highest BCUT2D eigenvalue weighted by atomic mass is 79.9. The number of nitrogens with one attached hydrogen (secondary N) is 1. The van der Waals surface area contributed by atoms with Crippen molar-refractivity contribution < 1.29 is 23.0 Å². The molecule has 2 rings (SSSR count). The quantitative estimate of drug-likeness (QED) is 0.634. The summed E-state index contributed by atoms with van der Waals surface area (Å²) in [6, 6.07) is 12.1. The van der Waals surface area contributed by atoms with Gasteiger partial charge in [0.1, 0.15) is 16.7 Å². The number of methoxy groups -OCH3 is 2. The van der Waals surface area contributed by atoms with Crippen LogP contribution in [0.3, 0.4) is 0 Å². The molecule has 0 bridgehead atoms. The second kappa shape index (κ2) is 8.60. The monoisotopic (exact) mass is 457 g/mol. The normalized spacial score (nSPS) is 13.3. The lowest BCUT2D eigenvalue weighted by Crippen LogP contribution is -2.40. The molecule has 27 heavy (non-hydrogen) atoms. The number of hydrogen-bond acceptors (Lipinski definition) is 5. The Hall–Kier alpha value is -1.61. The fourth-order valence-corrected chi connectivity index (χ4v) is 5.10. The van der Waals surface area contributed by atoms with E-state index in [0.29, 0.717) is 22.6 Å². The lowest BCUT2D eigenvalue weighted by molar-refractivity contribution is 0.0743. The molecule has 2 N–H and O–H groups in total. The molecule has 8 heteroatoms. The lowest BCUT2D eigenvalue weighted by atomic mass is 9.98. The molecule has 2 aromatic carbocycles. The number of benzene rings is 2. The molecular formula is C19H24BrNO5S. The van der Waals surface area contributed by atoms with Gasteiger partial charge >= 0.3 is 0 Å². The molecule has 148 valence electrons. The van der Waals surface area contributed by atoms with Crippen LogP contribution in [0.1, 0.15) is 30.2 Å². The molecule has 0 fully saturated rings. The van der Waals surface area contributed by atoms with E-state index in [9.17, 15) is 13.5 Å². The number of halogens is 1. The molecule has 0 aliphatic rings. The Morgan fingerprint density at radius 3 is 2.41 bits per heavy atom. The summed E-state index contributed by atoms with van der Waals surface area (Å²) in [5, 5.41) is 9.40. The van der Waals surface area contributed by atoms with Crippen molar-refractivity contribution in [2.75, 3.05) is 14.2 Å². The second-order valence-electron chi connectivity index (χ2n) is 6.63. The van der Waals surface area contributed by atoms with Gasteiger partial charge in [0.05, 0.1) is 19.8 Å². The molecule has 0 saturated carbocycles. The summed E-state index contributed by atoms with van der Waals surface area (Å²) in [6.45, 7) is 2.98. The summed E-state index contributed by atoms with van der Waals surface area (Å²) in [5.41, 5.74) is -0.340. The van der Waals surface area contributed by atoms with Crippen molar-refractivity contribution in [2.45, 2.75) is 31.2 Å². The van der Waals surface area contributed by atoms with E-state index < -0.39 is 20.9 Å². The minimum absolute atomic E-state index is 0.0239. The van der Waals surface area contributed by atoms with Gasteiger partial charge in [-0.05, 0) is 37.6 Å². The summed E-state index contributed by atoms with van der Waals surface area (Å²) in [5.74, 6) is 1.13. The summed E-state index contributed by atoms with van der Waals surface area (Å²) in [6.07, 6.45) is 0. The fraction of sp³-hybridized carbons (Fsp3) is 0.368. The third-order valence-electron chi connectivity index (χ3n) is 4.06. The molecule has 6 nitrogen and oxygen atoms in total. The lowest BCUT2D eigenvalue weighted by Gasteiger charge is -2.29. The van der Waals surface area contributed by atoms with E-state index in [-0.39, 0.29) is 6.54 Å². The minimum Gasteiger partial charge on any atom is -0.497 e. The summed E-state index contributed by atoms with van der Waals surface area (Å²) in [4.78, 5) is 0. The van der Waals surface area contributed by atoms with Crippen LogP contribution in [0.4, 0.5) is 0 Å². The van der Waals surface area contributed by atoms with Crippen LogP contribution in [0.5, 0.6) is 11.5 Å². The maximum Gasteiger partial charge on any atom is 0.221 e. The summed E-state index contributed by atoms with van der Waals surface area (Å²) >= 11 is 3.35. The molecule has 0 aliphatic carbocycles. The average molecular weight is 458 g/mol. The zero-order valence-corrected chi connectivity index (χ0v) is 18.1. The Morgan fingerprint density at radius 1 is 1.15 bits per heavy atom. The molecule has 0 aromatic heterocycles. The number of sulfonamides is 1. The Balaban J connectivity index is 2.33. The largest absolute Gasteiger partial charge is 0.497 e. The highest BCUT2D eigenvalue weighted by Crippen LogP contribution is 2.34. The molecule has 0 saturated heterocycles. The Labute approximate surface area is 168 Å². The first-order chi connectivity index (χ1) is 12.6. The minimum atomic E-state index is -3.90. The zero-order valence-electron chi connectivity index (χ0n) is 15.7. The predicted molar refractivity (Wildman–Crippen MR) is 108 cm³/mol. The van der Waals surface area contributed by atoms with Crippen LogP contribution in [0.2, 0.25) is 0 Å². The smallest absolute Gasteiger partial charge is 0.221 e. The molecule has 1 unspecified atom stereocenters. The molecule has 0 amide bonds. The third kappa shape index (κ3) is 5.44. The van der Waals surface area contributed by atoms with Gasteiger partial charge in [0.25, 0.3) is 0 Å². The SMILES string of the molecule is COc1ccc(CNS(=O)(=O)C(c2cccc(Br)c2)C(C)(C)O)c(OC)c1. The highest BCUT2D eigenvalue weighted by molar-refractivity contribution is 9.10. The standard InChI is InChI=1S/C19H24BrNO5S/c1-19(2,22)18(13-6-5-7-15(20)10-13)27(23,24)21-12-14-8-9-16(25-3)11-17(14)26-4/h5-11,18,21-22H,12H2,1-4H3. The van der Waals surface area contributed by atoms with Crippen LogP contribution in [-0.2, 0) is 16.6 Å². The van der Waals surface area contributed by atoms with Crippen LogP contribution >= 0.6 is 15.9 Å². The van der Waals surface area contributed by atoms with Gasteiger partial charge in [0.2, 0.25) is 10.0 Å². The Kier molecular flexibility index (Phi) is 6.91. The van der Waals surface area contributed by atoms with E-state index in [0.717, 1.165) is 4.47 Å². The molecule has 0 radical (unpaired) electrons. The van der Waals surface area contributed by atoms with Crippen molar-refractivity contribution in [3.63, 3.8) is 0 Å². The topological polar surface area (TPSA) is 84.9 Å². The van der Waals surface area contributed by atoms with Crippen LogP contribution < -0.4 is 14.2 Å². The van der Waals surface area contributed by atoms with Crippen molar-refractivity contribution in [1.82, 2.24) is 4.72 Å². The summed E-state index contributed by atoms with van der Waals surface area (Å²) in [7, 11) is -0.844. The molecule has 0 heterocycles. The van der Waals surface area contributed by atoms with Crippen molar-refractivity contribution in [3.05, 3.63) is 58.1 Å². The van der Waals surface area contributed by atoms with Crippen LogP contribution in [0.15, 0.2) is 46.9 Å². The van der Waals surface area contributed by atoms with Gasteiger partial charge in [-0.1, -0.05) is 34.1 Å². The van der Waals surface area contributed by atoms with E-state index >= 15 is 0 Å². The molecule has 2 aromatic rings. The number of rotatable bonds is 8. The third-order valence-corrected chi connectivity index (χ3v) is 6.57. The number of ether oxygens (including phenoxy) is 2. The zero-order chi connectivity index (χ0) is 20.2. The van der Waals surface area contributed by atoms with Crippen LogP contribution in [0.25, 0.3) is 0 Å². The van der Waals surface area contributed by atoms with Crippen molar-refractivity contribution in [3.8, 4) is 11.5 Å². The maximum absolute atomic E-state index is 13.0. The van der Waals surface area contributed by atoms with E-state index in [1.54, 1.807) is 49.6 Å². The number of hydrogen-bond donors (Lipinski definition) is 2. The first-order valence-corrected chi connectivity index (χ1v) is 10.6. The van der Waals surface area contributed by atoms with Gasteiger partial charge in [0.15, 0.2) is 0 Å². The second-order valence-corrected chi connectivity index (χ2v) is 9.40. The highest BCUT2D eigenvalue weighted by Gasteiger charge is 2.39. The van der Waals surface area contributed by atoms with Crippen LogP contribution in [-0.4, -0.2) is 33.3 Å². The molecular weight excluding hydrogens is 434 g/mol. The first kappa shape index (κ1) is 21.7. The van der Waals surface area contributed by atoms with E-state index in [2.05, 4.69) is 20.7 Å². The summed E-state index contributed by atoms with van der Waals surface area (Å²) < 4.78 is 39.9. The molecule has 0 spiro atoms. The molecule has 1 atom stereocenters. The Morgan fingerprint density at radius 2 is 1.85 bits per heavy atom. The van der Waals surface area contributed by atoms with Gasteiger partial charge in [-0.25, -0.2) is 13.1 Å². The van der Waals surface area contributed by atoms with Gasteiger partial charge in [-0.3, -0.25) is 0 Å². The van der Waals surface area contributed by atoms with Gasteiger partial charge in [0, 0.05) is 22.6 Å². The molecule has 0 aliphatic heterocycles. The average Bonchev–Trinajstić information content (AvgIpc) is 2.58. The number of aliphatic hydroxyl groups is 1. The van der Waals surface area contributed by atoms with Crippen molar-refractivity contribution in [1.29, 1.82) is 0 Å². The first-order valence-electron chi connectivity index (χ1n) is 8.25. The predicted octanol–water partition coefficient (Wildman–Crippen LogP) is 3.40. The van der Waals surface area contributed by atoms with Gasteiger partial charge < -0.3 is 14.6 Å². The van der Waals surface area contributed by atoms with Crippen molar-refractivity contribution >= 4 is 26.0 Å². The Bertz CT molecular complexity index is 893. The van der Waals surface area contributed by atoms with E-state index in [1.807, 2.05) is 0 Å². The van der Waals surface area contributed by atoms with Gasteiger partial charge in [-0.2, -0.15) is 0 Å². The van der Waals surface area contributed by atoms with Gasteiger partial charge in [-0.15, -0.1) is 0 Å².